The summed E-state index contributed by atoms with van der Waals surface area (Å²) in [7, 11) is 4.97. The fourth-order valence-corrected chi connectivity index (χ4v) is 2.82. The van der Waals surface area contributed by atoms with E-state index in [1.54, 1.807) is 35.4 Å². The molecule has 1 aromatic heterocycles. The summed E-state index contributed by atoms with van der Waals surface area (Å²) in [4.78, 5) is 24.3. The fraction of sp³-hybridized carbons (Fsp3) is 0.211. The van der Waals surface area contributed by atoms with Gasteiger partial charge in [-0.2, -0.15) is 5.10 Å². The zero-order valence-electron chi connectivity index (χ0n) is 15.1. The van der Waals surface area contributed by atoms with Gasteiger partial charge < -0.3 is 4.74 Å². The number of hydrogen-bond donors (Lipinski definition) is 1. The van der Waals surface area contributed by atoms with Crippen LogP contribution in [-0.4, -0.2) is 28.4 Å². The number of hydrogen-bond acceptors (Lipinski definition) is 4. The molecule has 7 nitrogen and oxygen atoms in total. The smallest absolute Gasteiger partial charge is 0.328 e. The first-order chi connectivity index (χ1) is 12.4. The maximum Gasteiger partial charge on any atom is 0.328 e. The standard InChI is InChI=1S/C19H20N4O3/c1-12-5-7-14(17(9-12)26-4)18(24)21-20-11-13-6-8-15-16(10-13)23(3)19(25)22(15)2/h5-11H,1-4H3,(H,21,24)/b20-11-. The Hall–Kier alpha value is -3.35. The van der Waals surface area contributed by atoms with Crippen molar-refractivity contribution in [1.29, 1.82) is 0 Å². The number of methoxy groups -OCH3 is 1. The van der Waals surface area contributed by atoms with E-state index < -0.39 is 0 Å². The van der Waals surface area contributed by atoms with Gasteiger partial charge >= 0.3 is 5.69 Å². The van der Waals surface area contributed by atoms with Crippen LogP contribution >= 0.6 is 0 Å². The molecule has 0 saturated carbocycles. The molecule has 3 aromatic rings. The van der Waals surface area contributed by atoms with Crippen LogP contribution in [0.15, 0.2) is 46.3 Å². The Morgan fingerprint density at radius 3 is 2.58 bits per heavy atom. The van der Waals surface area contributed by atoms with Gasteiger partial charge in [0.05, 0.1) is 29.9 Å². The number of rotatable bonds is 4. The highest BCUT2D eigenvalue weighted by Gasteiger charge is 2.11. The van der Waals surface area contributed by atoms with Crippen LogP contribution in [0.2, 0.25) is 0 Å². The lowest BCUT2D eigenvalue weighted by atomic mass is 10.1. The molecule has 3 rings (SSSR count). The van der Waals surface area contributed by atoms with Gasteiger partial charge in [-0.1, -0.05) is 12.1 Å². The first kappa shape index (κ1) is 17.5. The second kappa shape index (κ2) is 6.87. The maximum atomic E-state index is 12.3. The number of amides is 1. The summed E-state index contributed by atoms with van der Waals surface area (Å²) in [6, 6.07) is 10.9. The lowest BCUT2D eigenvalue weighted by Gasteiger charge is -2.07. The predicted octanol–water partition coefficient (Wildman–Crippen LogP) is 1.96. The summed E-state index contributed by atoms with van der Waals surface area (Å²) in [5, 5.41) is 4.01. The molecule has 0 aliphatic carbocycles. The molecule has 0 radical (unpaired) electrons. The second-order valence-corrected chi connectivity index (χ2v) is 6.05. The minimum atomic E-state index is -0.355. The predicted molar refractivity (Wildman–Crippen MR) is 101 cm³/mol. The van der Waals surface area contributed by atoms with Crippen molar-refractivity contribution in [2.75, 3.05) is 7.11 Å². The van der Waals surface area contributed by atoms with Crippen molar-refractivity contribution >= 4 is 23.2 Å². The number of carbonyl (C=O) groups is 1. The van der Waals surface area contributed by atoms with E-state index in [9.17, 15) is 9.59 Å². The van der Waals surface area contributed by atoms with E-state index in [0.717, 1.165) is 22.2 Å². The van der Waals surface area contributed by atoms with Gasteiger partial charge in [0.15, 0.2) is 0 Å². The normalized spacial score (nSPS) is 11.2. The Kier molecular flexibility index (Phi) is 4.62. The van der Waals surface area contributed by atoms with Gasteiger partial charge in [-0.25, -0.2) is 10.2 Å². The van der Waals surface area contributed by atoms with Crippen molar-refractivity contribution in [2.24, 2.45) is 19.2 Å². The highest BCUT2D eigenvalue weighted by Crippen LogP contribution is 2.19. The molecule has 0 unspecified atom stereocenters. The Balaban J connectivity index is 1.80. The Morgan fingerprint density at radius 2 is 1.85 bits per heavy atom. The number of nitrogens with zero attached hydrogens (tertiary/aromatic N) is 3. The van der Waals surface area contributed by atoms with Crippen molar-refractivity contribution < 1.29 is 9.53 Å². The van der Waals surface area contributed by atoms with Crippen LogP contribution in [0.4, 0.5) is 0 Å². The zero-order chi connectivity index (χ0) is 18.8. The molecule has 0 atom stereocenters. The molecule has 0 spiro atoms. The van der Waals surface area contributed by atoms with E-state index in [-0.39, 0.29) is 11.6 Å². The summed E-state index contributed by atoms with van der Waals surface area (Å²) in [5.74, 6) is 0.143. The zero-order valence-corrected chi connectivity index (χ0v) is 15.1. The quantitative estimate of drug-likeness (QED) is 0.576. The van der Waals surface area contributed by atoms with Crippen LogP contribution in [0, 0.1) is 6.92 Å². The number of imidazole rings is 1. The molecule has 1 N–H and O–H groups in total. The van der Waals surface area contributed by atoms with Crippen LogP contribution in [0.3, 0.4) is 0 Å². The molecule has 0 aliphatic heterocycles. The summed E-state index contributed by atoms with van der Waals surface area (Å²) in [6.45, 7) is 1.93. The number of hydrazone groups is 1. The molecule has 1 amide bonds. The highest BCUT2D eigenvalue weighted by molar-refractivity contribution is 5.97. The first-order valence-corrected chi connectivity index (χ1v) is 8.06. The molecule has 1 heterocycles. The molecule has 26 heavy (non-hydrogen) atoms. The number of aryl methyl sites for hydroxylation is 3. The summed E-state index contributed by atoms with van der Waals surface area (Å²) in [6.07, 6.45) is 1.54. The SMILES string of the molecule is COc1cc(C)ccc1C(=O)N/N=C\c1ccc2c(c1)n(C)c(=O)n2C. The molecule has 7 heteroatoms. The van der Waals surface area contributed by atoms with E-state index in [0.29, 0.717) is 11.3 Å². The number of fused-ring (bicyclic) bond motifs is 1. The fourth-order valence-electron chi connectivity index (χ4n) is 2.82. The van der Waals surface area contributed by atoms with Crippen molar-refractivity contribution in [2.45, 2.75) is 6.92 Å². The first-order valence-electron chi connectivity index (χ1n) is 8.06. The third kappa shape index (κ3) is 3.11. The minimum Gasteiger partial charge on any atom is -0.496 e. The number of aromatic nitrogens is 2. The van der Waals surface area contributed by atoms with Crippen LogP contribution in [0.5, 0.6) is 5.75 Å². The number of ether oxygens (including phenoxy) is 1. The number of carbonyl (C=O) groups excluding carboxylic acids is 1. The lowest BCUT2D eigenvalue weighted by molar-refractivity contribution is 0.0952. The van der Waals surface area contributed by atoms with E-state index in [1.807, 2.05) is 31.2 Å². The average Bonchev–Trinajstić information content (AvgIpc) is 2.85. The Morgan fingerprint density at radius 1 is 1.12 bits per heavy atom. The van der Waals surface area contributed by atoms with E-state index >= 15 is 0 Å². The van der Waals surface area contributed by atoms with E-state index in [2.05, 4.69) is 10.5 Å². The van der Waals surface area contributed by atoms with Crippen LogP contribution < -0.4 is 15.9 Å². The maximum absolute atomic E-state index is 12.3. The number of nitrogens with one attached hydrogen (secondary N) is 1. The van der Waals surface area contributed by atoms with Gasteiger partial charge in [-0.3, -0.25) is 13.9 Å². The van der Waals surface area contributed by atoms with Gasteiger partial charge in [0.25, 0.3) is 5.91 Å². The molecule has 0 aliphatic rings. The monoisotopic (exact) mass is 352 g/mol. The average molecular weight is 352 g/mol. The largest absolute Gasteiger partial charge is 0.496 e. The highest BCUT2D eigenvalue weighted by atomic mass is 16.5. The van der Waals surface area contributed by atoms with Crippen molar-refractivity contribution in [1.82, 2.24) is 14.6 Å². The minimum absolute atomic E-state index is 0.0890. The summed E-state index contributed by atoms with van der Waals surface area (Å²) < 4.78 is 8.40. The van der Waals surface area contributed by atoms with Crippen molar-refractivity contribution in [3.63, 3.8) is 0 Å². The third-order valence-corrected chi connectivity index (χ3v) is 4.28. The molecular weight excluding hydrogens is 332 g/mol. The van der Waals surface area contributed by atoms with Crippen LogP contribution in [0.25, 0.3) is 11.0 Å². The van der Waals surface area contributed by atoms with Crippen molar-refractivity contribution in [3.8, 4) is 5.75 Å². The van der Waals surface area contributed by atoms with Gasteiger partial charge in [0, 0.05) is 14.1 Å². The Bertz CT molecular complexity index is 1080. The molecule has 2 aromatic carbocycles. The molecule has 0 fully saturated rings. The van der Waals surface area contributed by atoms with E-state index in [1.165, 1.54) is 13.3 Å². The van der Waals surface area contributed by atoms with Gasteiger partial charge in [-0.05, 0) is 42.3 Å². The molecular formula is C19H20N4O3. The molecule has 134 valence electrons. The second-order valence-electron chi connectivity index (χ2n) is 6.05. The lowest BCUT2D eigenvalue weighted by Crippen LogP contribution is -2.19. The van der Waals surface area contributed by atoms with Crippen LogP contribution in [-0.2, 0) is 14.1 Å². The van der Waals surface area contributed by atoms with Crippen molar-refractivity contribution in [3.05, 3.63) is 63.6 Å². The van der Waals surface area contributed by atoms with Crippen LogP contribution in [0.1, 0.15) is 21.5 Å². The van der Waals surface area contributed by atoms with Gasteiger partial charge in [0.2, 0.25) is 0 Å². The summed E-state index contributed by atoms with van der Waals surface area (Å²) in [5.41, 5.74) is 6.23. The van der Waals surface area contributed by atoms with Gasteiger partial charge in [-0.15, -0.1) is 0 Å². The van der Waals surface area contributed by atoms with E-state index in [4.69, 9.17) is 4.74 Å². The topological polar surface area (TPSA) is 77.6 Å². The molecule has 0 bridgehead atoms. The Labute approximate surface area is 150 Å². The third-order valence-electron chi connectivity index (χ3n) is 4.28. The number of benzene rings is 2. The molecule has 0 saturated heterocycles. The summed E-state index contributed by atoms with van der Waals surface area (Å²) >= 11 is 0. The van der Waals surface area contributed by atoms with Gasteiger partial charge in [0.1, 0.15) is 5.75 Å².